The van der Waals surface area contributed by atoms with Gasteiger partial charge in [-0.15, -0.1) is 0 Å². The topological polar surface area (TPSA) is 37.9 Å². The summed E-state index contributed by atoms with van der Waals surface area (Å²) in [6.07, 6.45) is 0. The molecule has 0 radical (unpaired) electrons. The number of rotatable bonds is 1. The van der Waals surface area contributed by atoms with Crippen molar-refractivity contribution in [1.29, 1.82) is 0 Å². The van der Waals surface area contributed by atoms with Crippen LogP contribution in [0.15, 0.2) is 12.1 Å². The minimum Gasteiger partial charge on any atom is -0.496 e. The van der Waals surface area contributed by atoms with Crippen LogP contribution < -0.4 is 4.74 Å². The van der Waals surface area contributed by atoms with Gasteiger partial charge in [0, 0.05) is 5.69 Å². The number of nitrogens with one attached hydrogen (secondary N) is 1. The Morgan fingerprint density at radius 1 is 1.31 bits per heavy atom. The summed E-state index contributed by atoms with van der Waals surface area (Å²) in [6, 6.07) is 3.99. The van der Waals surface area contributed by atoms with E-state index in [1.54, 1.807) is 7.11 Å². The maximum atomic E-state index is 5.26. The average molecular weight is 176 g/mol. The van der Waals surface area contributed by atoms with Gasteiger partial charge in [0.15, 0.2) is 0 Å². The molecule has 0 saturated carbocycles. The molecule has 2 rings (SSSR count). The van der Waals surface area contributed by atoms with E-state index in [1.165, 1.54) is 5.56 Å². The minimum atomic E-state index is 0.881. The van der Waals surface area contributed by atoms with Gasteiger partial charge in [-0.3, -0.25) is 5.10 Å². The maximum absolute atomic E-state index is 5.26. The molecule has 0 aliphatic carbocycles. The van der Waals surface area contributed by atoms with Crippen molar-refractivity contribution < 1.29 is 4.74 Å². The molecule has 1 heterocycles. The van der Waals surface area contributed by atoms with E-state index in [0.717, 1.165) is 22.3 Å². The highest BCUT2D eigenvalue weighted by Gasteiger charge is 2.08. The molecule has 0 fully saturated rings. The zero-order chi connectivity index (χ0) is 9.42. The summed E-state index contributed by atoms with van der Waals surface area (Å²) in [5.74, 6) is 0.881. The van der Waals surface area contributed by atoms with E-state index in [9.17, 15) is 0 Å². The monoisotopic (exact) mass is 176 g/mol. The van der Waals surface area contributed by atoms with Crippen LogP contribution in [-0.4, -0.2) is 17.3 Å². The Labute approximate surface area is 76.7 Å². The Morgan fingerprint density at radius 3 is 2.77 bits per heavy atom. The second-order valence-electron chi connectivity index (χ2n) is 3.16. The Morgan fingerprint density at radius 2 is 2.08 bits per heavy atom. The lowest BCUT2D eigenvalue weighted by atomic mass is 10.1. The summed E-state index contributed by atoms with van der Waals surface area (Å²) >= 11 is 0. The third-order valence-electron chi connectivity index (χ3n) is 2.27. The molecule has 13 heavy (non-hydrogen) atoms. The predicted octanol–water partition coefficient (Wildman–Crippen LogP) is 2.19. The molecule has 1 N–H and O–H groups in total. The number of aromatic amines is 1. The van der Waals surface area contributed by atoms with Crippen molar-refractivity contribution in [3.05, 3.63) is 23.4 Å². The molecule has 68 valence electrons. The molecule has 0 bridgehead atoms. The third kappa shape index (κ3) is 1.08. The van der Waals surface area contributed by atoms with Gasteiger partial charge in [-0.25, -0.2) is 0 Å². The van der Waals surface area contributed by atoms with Crippen molar-refractivity contribution in [3.8, 4) is 5.75 Å². The highest BCUT2D eigenvalue weighted by molar-refractivity contribution is 5.89. The molecule has 0 atom stereocenters. The Kier molecular flexibility index (Phi) is 1.72. The van der Waals surface area contributed by atoms with Crippen LogP contribution in [0.25, 0.3) is 10.9 Å². The molecule has 0 spiro atoms. The number of nitrogens with zero attached hydrogens (tertiary/aromatic N) is 1. The highest BCUT2D eigenvalue weighted by Crippen LogP contribution is 2.28. The zero-order valence-electron chi connectivity index (χ0n) is 8.01. The van der Waals surface area contributed by atoms with Gasteiger partial charge in [-0.1, -0.05) is 6.07 Å². The van der Waals surface area contributed by atoms with Crippen LogP contribution in [0.1, 0.15) is 11.3 Å². The summed E-state index contributed by atoms with van der Waals surface area (Å²) in [4.78, 5) is 0. The minimum absolute atomic E-state index is 0.881. The molecule has 3 heteroatoms. The first-order valence-corrected chi connectivity index (χ1v) is 4.22. The summed E-state index contributed by atoms with van der Waals surface area (Å²) in [5, 5.41) is 8.27. The van der Waals surface area contributed by atoms with Crippen LogP contribution in [0.5, 0.6) is 5.75 Å². The molecular weight excluding hydrogens is 164 g/mol. The third-order valence-corrected chi connectivity index (χ3v) is 2.27. The van der Waals surface area contributed by atoms with E-state index in [2.05, 4.69) is 10.2 Å². The van der Waals surface area contributed by atoms with E-state index in [0.29, 0.717) is 0 Å². The molecule has 0 aliphatic rings. The lowest BCUT2D eigenvalue weighted by Gasteiger charge is -2.02. The number of aryl methyl sites for hydroxylation is 2. The van der Waals surface area contributed by atoms with E-state index in [1.807, 2.05) is 26.0 Å². The van der Waals surface area contributed by atoms with Gasteiger partial charge >= 0.3 is 0 Å². The summed E-state index contributed by atoms with van der Waals surface area (Å²) < 4.78 is 5.26. The van der Waals surface area contributed by atoms with Crippen LogP contribution in [0.3, 0.4) is 0 Å². The number of methoxy groups -OCH3 is 1. The van der Waals surface area contributed by atoms with Crippen LogP contribution >= 0.6 is 0 Å². The van der Waals surface area contributed by atoms with Crippen molar-refractivity contribution in [1.82, 2.24) is 10.2 Å². The number of H-pyrrole nitrogens is 1. The highest BCUT2D eigenvalue weighted by atomic mass is 16.5. The molecule has 1 aromatic carbocycles. The first-order chi connectivity index (χ1) is 6.24. The largest absolute Gasteiger partial charge is 0.496 e. The van der Waals surface area contributed by atoms with Crippen molar-refractivity contribution in [3.63, 3.8) is 0 Å². The Bertz CT molecular complexity index is 445. The number of hydrogen-bond donors (Lipinski definition) is 1. The molecular formula is C10H12N2O. The molecule has 0 saturated heterocycles. The lowest BCUT2D eigenvalue weighted by Crippen LogP contribution is -1.85. The molecule has 0 aliphatic heterocycles. The van der Waals surface area contributed by atoms with Crippen LogP contribution in [-0.2, 0) is 0 Å². The van der Waals surface area contributed by atoms with E-state index in [4.69, 9.17) is 4.74 Å². The summed E-state index contributed by atoms with van der Waals surface area (Å²) in [5.41, 5.74) is 3.22. The van der Waals surface area contributed by atoms with Crippen molar-refractivity contribution in [2.24, 2.45) is 0 Å². The van der Waals surface area contributed by atoms with Gasteiger partial charge in [-0.05, 0) is 25.5 Å². The standard InChI is InChI=1S/C10H12N2O/c1-6-4-5-8(13-3)9-7(2)11-12-10(6)9/h4-5H,1-3H3,(H,11,12). The average Bonchev–Trinajstić information content (AvgIpc) is 2.51. The van der Waals surface area contributed by atoms with Crippen LogP contribution in [0, 0.1) is 13.8 Å². The number of benzene rings is 1. The number of fused-ring (bicyclic) bond motifs is 1. The number of aromatic nitrogens is 2. The predicted molar refractivity (Wildman–Crippen MR) is 52.1 cm³/mol. The van der Waals surface area contributed by atoms with Gasteiger partial charge in [0.2, 0.25) is 0 Å². The normalized spacial score (nSPS) is 10.7. The summed E-state index contributed by atoms with van der Waals surface area (Å²) in [7, 11) is 1.68. The smallest absolute Gasteiger partial charge is 0.130 e. The fourth-order valence-electron chi connectivity index (χ4n) is 1.55. The fourth-order valence-corrected chi connectivity index (χ4v) is 1.55. The van der Waals surface area contributed by atoms with Crippen molar-refractivity contribution >= 4 is 10.9 Å². The molecule has 3 nitrogen and oxygen atoms in total. The second-order valence-corrected chi connectivity index (χ2v) is 3.16. The number of hydrogen-bond acceptors (Lipinski definition) is 2. The lowest BCUT2D eigenvalue weighted by molar-refractivity contribution is 0.419. The molecule has 0 unspecified atom stereocenters. The molecule has 2 aromatic rings. The van der Waals surface area contributed by atoms with E-state index < -0.39 is 0 Å². The second kappa shape index (κ2) is 2.76. The molecule has 0 amide bonds. The van der Waals surface area contributed by atoms with Gasteiger partial charge in [-0.2, -0.15) is 5.10 Å². The maximum Gasteiger partial charge on any atom is 0.130 e. The number of ether oxygens (including phenoxy) is 1. The molecule has 1 aromatic heterocycles. The fraction of sp³-hybridized carbons (Fsp3) is 0.300. The van der Waals surface area contributed by atoms with Crippen LogP contribution in [0.4, 0.5) is 0 Å². The quantitative estimate of drug-likeness (QED) is 0.723. The van der Waals surface area contributed by atoms with E-state index >= 15 is 0 Å². The van der Waals surface area contributed by atoms with Gasteiger partial charge < -0.3 is 4.74 Å². The van der Waals surface area contributed by atoms with Gasteiger partial charge in [0.05, 0.1) is 18.0 Å². The van der Waals surface area contributed by atoms with Gasteiger partial charge in [0.1, 0.15) is 5.75 Å². The van der Waals surface area contributed by atoms with E-state index in [-0.39, 0.29) is 0 Å². The van der Waals surface area contributed by atoms with Crippen molar-refractivity contribution in [2.75, 3.05) is 7.11 Å². The van der Waals surface area contributed by atoms with Crippen LogP contribution in [0.2, 0.25) is 0 Å². The first-order valence-electron chi connectivity index (χ1n) is 4.22. The van der Waals surface area contributed by atoms with Crippen molar-refractivity contribution in [2.45, 2.75) is 13.8 Å². The van der Waals surface area contributed by atoms with Gasteiger partial charge in [0.25, 0.3) is 0 Å². The zero-order valence-corrected chi connectivity index (χ0v) is 8.01. The Hall–Kier alpha value is -1.51. The SMILES string of the molecule is COc1ccc(C)c2n[nH]c(C)c12. The summed E-state index contributed by atoms with van der Waals surface area (Å²) in [6.45, 7) is 4.04. The Balaban J connectivity index is 2.88. The first kappa shape index (κ1) is 8.10.